The van der Waals surface area contributed by atoms with Gasteiger partial charge in [0.2, 0.25) is 0 Å². The maximum absolute atomic E-state index is 13.0. The Balaban J connectivity index is 1.39. The van der Waals surface area contributed by atoms with Crippen LogP contribution in [0, 0.1) is 5.41 Å². The Morgan fingerprint density at radius 2 is 1.88 bits per heavy atom. The molecule has 0 saturated carbocycles. The highest BCUT2D eigenvalue weighted by Gasteiger charge is 2.48. The van der Waals surface area contributed by atoms with Crippen LogP contribution in [-0.2, 0) is 17.4 Å². The minimum absolute atomic E-state index is 0.0560. The standard InChI is InChI=1S/C24H28ClN5OS/c1-23(2,3)32(31)29-21-17-7-5-4-6-16(17)14-24(21)10-12-30(13-11-24)20-15-26-22-18(27-20)8-9-19(25)28-22/h4-9,15,21,29H,10-14H2,1-3H3/t21-,32?/m1/s1. The molecular weight excluding hydrogens is 442 g/mol. The molecule has 2 aromatic heterocycles. The molecule has 3 aromatic rings. The zero-order chi connectivity index (χ0) is 22.5. The molecule has 3 heterocycles. The summed E-state index contributed by atoms with van der Waals surface area (Å²) in [5.74, 6) is 0.870. The van der Waals surface area contributed by atoms with E-state index in [2.05, 4.69) is 43.9 Å². The molecule has 168 valence electrons. The number of halogens is 1. The second-order valence-electron chi connectivity index (χ2n) is 9.86. The van der Waals surface area contributed by atoms with E-state index in [9.17, 15) is 4.21 Å². The first-order valence-corrected chi connectivity index (χ1v) is 12.6. The van der Waals surface area contributed by atoms with Gasteiger partial charge in [-0.3, -0.25) is 0 Å². The molecule has 8 heteroatoms. The minimum Gasteiger partial charge on any atom is -0.355 e. The van der Waals surface area contributed by atoms with Crippen LogP contribution in [0.3, 0.4) is 0 Å². The molecule has 1 spiro atoms. The SMILES string of the molecule is CC(C)(C)S(=O)N[C@@H]1c2ccccc2CC12CCN(c1cnc3nc(Cl)ccc3n1)CC2. The third-order valence-electron chi connectivity index (χ3n) is 6.74. The molecule has 0 radical (unpaired) electrons. The highest BCUT2D eigenvalue weighted by molar-refractivity contribution is 7.84. The van der Waals surface area contributed by atoms with Gasteiger partial charge in [0.15, 0.2) is 5.65 Å². The van der Waals surface area contributed by atoms with E-state index >= 15 is 0 Å². The number of hydrogen-bond acceptors (Lipinski definition) is 5. The van der Waals surface area contributed by atoms with Crippen molar-refractivity contribution >= 4 is 39.6 Å². The second-order valence-corrected chi connectivity index (χ2v) is 12.2. The molecular formula is C24H28ClN5OS. The lowest BCUT2D eigenvalue weighted by Crippen LogP contribution is -2.48. The summed E-state index contributed by atoms with van der Waals surface area (Å²) in [5, 5.41) is 0.423. The first kappa shape index (κ1) is 21.7. The van der Waals surface area contributed by atoms with Gasteiger partial charge in [-0.25, -0.2) is 23.9 Å². The van der Waals surface area contributed by atoms with Crippen LogP contribution in [-0.4, -0.2) is 37.0 Å². The van der Waals surface area contributed by atoms with Crippen LogP contribution in [0.15, 0.2) is 42.6 Å². The Morgan fingerprint density at radius 1 is 1.12 bits per heavy atom. The summed E-state index contributed by atoms with van der Waals surface area (Å²) in [6, 6.07) is 12.3. The number of fused-ring (bicyclic) bond motifs is 2. The minimum atomic E-state index is -1.13. The van der Waals surface area contributed by atoms with Crippen molar-refractivity contribution in [3.8, 4) is 0 Å². The molecule has 2 aliphatic rings. The lowest BCUT2D eigenvalue weighted by Gasteiger charge is -2.44. The quantitative estimate of drug-likeness (QED) is 0.567. The average molecular weight is 470 g/mol. The van der Waals surface area contributed by atoms with Gasteiger partial charge in [-0.1, -0.05) is 35.9 Å². The predicted molar refractivity (Wildman–Crippen MR) is 130 cm³/mol. The third-order valence-corrected chi connectivity index (χ3v) is 8.52. The Morgan fingerprint density at radius 3 is 2.62 bits per heavy atom. The van der Waals surface area contributed by atoms with E-state index in [0.29, 0.717) is 10.8 Å². The van der Waals surface area contributed by atoms with Gasteiger partial charge in [0.1, 0.15) is 16.5 Å². The van der Waals surface area contributed by atoms with Gasteiger partial charge in [0.05, 0.1) is 28.0 Å². The van der Waals surface area contributed by atoms with Crippen molar-refractivity contribution in [1.82, 2.24) is 19.7 Å². The van der Waals surface area contributed by atoms with E-state index in [1.54, 1.807) is 12.3 Å². The first-order valence-electron chi connectivity index (χ1n) is 11.1. The number of anilines is 1. The monoisotopic (exact) mass is 469 g/mol. The van der Waals surface area contributed by atoms with Crippen LogP contribution in [0.4, 0.5) is 5.82 Å². The van der Waals surface area contributed by atoms with Crippen LogP contribution in [0.25, 0.3) is 11.2 Å². The summed E-state index contributed by atoms with van der Waals surface area (Å²) in [6.45, 7) is 7.83. The number of rotatable bonds is 3. The molecule has 2 atom stereocenters. The second kappa shape index (κ2) is 8.04. The van der Waals surface area contributed by atoms with Crippen molar-refractivity contribution in [2.75, 3.05) is 18.0 Å². The highest BCUT2D eigenvalue weighted by atomic mass is 35.5. The summed E-state index contributed by atoms with van der Waals surface area (Å²) in [6.07, 6.45) is 4.80. The van der Waals surface area contributed by atoms with Gasteiger partial charge in [0.25, 0.3) is 0 Å². The molecule has 5 rings (SSSR count). The van der Waals surface area contributed by atoms with Crippen LogP contribution in [0.5, 0.6) is 0 Å². The van der Waals surface area contributed by atoms with E-state index in [0.717, 1.165) is 43.7 Å². The zero-order valence-electron chi connectivity index (χ0n) is 18.6. The molecule has 1 aromatic carbocycles. The van der Waals surface area contributed by atoms with E-state index in [1.807, 2.05) is 26.8 Å². The lowest BCUT2D eigenvalue weighted by atomic mass is 9.73. The molecule has 1 saturated heterocycles. The van der Waals surface area contributed by atoms with Crippen molar-refractivity contribution in [2.24, 2.45) is 5.41 Å². The largest absolute Gasteiger partial charge is 0.355 e. The third kappa shape index (κ3) is 3.91. The predicted octanol–water partition coefficient (Wildman–Crippen LogP) is 4.61. The van der Waals surface area contributed by atoms with Crippen LogP contribution in [0.1, 0.15) is 50.8 Å². The first-order chi connectivity index (χ1) is 15.2. The average Bonchev–Trinajstić information content (AvgIpc) is 3.06. The smallest absolute Gasteiger partial charge is 0.179 e. The molecule has 1 fully saturated rings. The highest BCUT2D eigenvalue weighted by Crippen LogP contribution is 2.52. The molecule has 1 aliphatic carbocycles. The lowest BCUT2D eigenvalue weighted by molar-refractivity contribution is 0.177. The topological polar surface area (TPSA) is 71.0 Å². The Hall–Kier alpha value is -2.09. The Labute approximate surface area is 196 Å². The van der Waals surface area contributed by atoms with E-state index in [4.69, 9.17) is 16.6 Å². The Bertz CT molecular complexity index is 1190. The number of benzene rings is 1. The molecule has 1 unspecified atom stereocenters. The summed E-state index contributed by atoms with van der Waals surface area (Å²) in [5.41, 5.74) is 4.04. The zero-order valence-corrected chi connectivity index (χ0v) is 20.2. The maximum Gasteiger partial charge on any atom is 0.179 e. The summed E-state index contributed by atoms with van der Waals surface area (Å²) >= 11 is 5.98. The molecule has 6 nitrogen and oxygen atoms in total. The Kier molecular flexibility index (Phi) is 5.47. The summed E-state index contributed by atoms with van der Waals surface area (Å²) in [4.78, 5) is 15.8. The van der Waals surface area contributed by atoms with Crippen molar-refractivity contribution < 1.29 is 4.21 Å². The summed E-state index contributed by atoms with van der Waals surface area (Å²) < 4.78 is 16.3. The van der Waals surface area contributed by atoms with E-state index < -0.39 is 11.0 Å². The van der Waals surface area contributed by atoms with Crippen LogP contribution < -0.4 is 9.62 Å². The summed E-state index contributed by atoms with van der Waals surface area (Å²) in [7, 11) is -1.13. The fourth-order valence-electron chi connectivity index (χ4n) is 4.93. The molecule has 32 heavy (non-hydrogen) atoms. The van der Waals surface area contributed by atoms with E-state index in [-0.39, 0.29) is 16.2 Å². The number of hydrogen-bond donors (Lipinski definition) is 1. The van der Waals surface area contributed by atoms with Gasteiger partial charge in [0, 0.05) is 13.1 Å². The van der Waals surface area contributed by atoms with Crippen molar-refractivity contribution in [1.29, 1.82) is 0 Å². The van der Waals surface area contributed by atoms with Gasteiger partial charge < -0.3 is 4.90 Å². The molecule has 1 N–H and O–H groups in total. The van der Waals surface area contributed by atoms with E-state index in [1.165, 1.54) is 11.1 Å². The van der Waals surface area contributed by atoms with Crippen molar-refractivity contribution in [3.05, 3.63) is 58.9 Å². The van der Waals surface area contributed by atoms with Gasteiger partial charge >= 0.3 is 0 Å². The molecule has 0 amide bonds. The number of nitrogens with one attached hydrogen (secondary N) is 1. The van der Waals surface area contributed by atoms with Crippen LogP contribution >= 0.6 is 11.6 Å². The molecule has 0 bridgehead atoms. The number of pyridine rings is 1. The van der Waals surface area contributed by atoms with Gasteiger partial charge in [-0.2, -0.15) is 0 Å². The fraction of sp³-hybridized carbons (Fsp3) is 0.458. The van der Waals surface area contributed by atoms with Crippen LogP contribution in [0.2, 0.25) is 5.15 Å². The fourth-order valence-corrected chi connectivity index (χ4v) is 6.02. The maximum atomic E-state index is 13.0. The van der Waals surface area contributed by atoms with Crippen molar-refractivity contribution in [3.63, 3.8) is 0 Å². The number of piperidine rings is 1. The normalized spacial score (nSPS) is 21.1. The number of nitrogens with zero attached hydrogens (tertiary/aromatic N) is 4. The van der Waals surface area contributed by atoms with Crippen molar-refractivity contribution in [2.45, 2.75) is 50.8 Å². The van der Waals surface area contributed by atoms with Gasteiger partial charge in [-0.05, 0) is 68.7 Å². The number of aromatic nitrogens is 3. The van der Waals surface area contributed by atoms with Gasteiger partial charge in [-0.15, -0.1) is 0 Å². The molecule has 1 aliphatic heterocycles.